The lowest BCUT2D eigenvalue weighted by molar-refractivity contribution is 0.432. The van der Waals surface area contributed by atoms with Gasteiger partial charge in [-0.2, -0.15) is 9.98 Å². The van der Waals surface area contributed by atoms with Crippen LogP contribution in [-0.2, 0) is 0 Å². The Morgan fingerprint density at radius 3 is 2.69 bits per heavy atom. The van der Waals surface area contributed by atoms with E-state index in [0.29, 0.717) is 11.8 Å². The van der Waals surface area contributed by atoms with E-state index < -0.39 is 0 Å². The highest BCUT2D eigenvalue weighted by Crippen LogP contribution is 2.18. The van der Waals surface area contributed by atoms with Crippen LogP contribution in [0.15, 0.2) is 39.8 Å². The molecule has 0 bridgehead atoms. The van der Waals surface area contributed by atoms with Crippen molar-refractivity contribution < 1.29 is 4.52 Å². The Hall–Kier alpha value is -2.17. The predicted molar refractivity (Wildman–Crippen MR) is 61.6 cm³/mol. The number of hydrogen-bond acceptors (Lipinski definition) is 4. The molecule has 5 nitrogen and oxygen atoms in total. The molecule has 0 aliphatic rings. The van der Waals surface area contributed by atoms with Crippen LogP contribution in [0.5, 0.6) is 0 Å². The van der Waals surface area contributed by atoms with E-state index in [1.165, 1.54) is 0 Å². The van der Waals surface area contributed by atoms with Gasteiger partial charge in [0, 0.05) is 19.7 Å². The molecule has 2 aromatic rings. The number of nitrogens with zero attached hydrogens (tertiary/aromatic N) is 4. The summed E-state index contributed by atoms with van der Waals surface area (Å²) in [5, 5.41) is 3.75. The first-order valence-electron chi connectivity index (χ1n) is 4.85. The highest BCUT2D eigenvalue weighted by Gasteiger charge is 2.06. The minimum Gasteiger partial charge on any atom is -0.369 e. The fourth-order valence-electron chi connectivity index (χ4n) is 1.13. The summed E-state index contributed by atoms with van der Waals surface area (Å²) in [6, 6.07) is 9.59. The Balaban J connectivity index is 2.20. The monoisotopic (exact) mass is 216 g/mol. The average molecular weight is 216 g/mol. The van der Waals surface area contributed by atoms with E-state index in [4.69, 9.17) is 4.52 Å². The summed E-state index contributed by atoms with van der Waals surface area (Å²) in [6.07, 6.45) is 1.62. The third kappa shape index (κ3) is 2.44. The van der Waals surface area contributed by atoms with Gasteiger partial charge in [-0.25, -0.2) is 0 Å². The lowest BCUT2D eigenvalue weighted by atomic mass is 10.2. The van der Waals surface area contributed by atoms with Crippen LogP contribution >= 0.6 is 0 Å². The van der Waals surface area contributed by atoms with Crippen LogP contribution in [0.25, 0.3) is 11.5 Å². The van der Waals surface area contributed by atoms with Gasteiger partial charge in [0.15, 0.2) is 0 Å². The molecule has 0 spiro atoms. The Kier molecular flexibility index (Phi) is 2.95. The SMILES string of the molecule is CN(C)/C=N/c1noc(-c2ccccc2)n1. The maximum Gasteiger partial charge on any atom is 0.291 e. The maximum atomic E-state index is 5.09. The summed E-state index contributed by atoms with van der Waals surface area (Å²) < 4.78 is 5.09. The van der Waals surface area contributed by atoms with E-state index in [1.807, 2.05) is 44.4 Å². The van der Waals surface area contributed by atoms with Crippen LogP contribution < -0.4 is 0 Å². The summed E-state index contributed by atoms with van der Waals surface area (Å²) in [5.41, 5.74) is 0.890. The minimum absolute atomic E-state index is 0.326. The van der Waals surface area contributed by atoms with Gasteiger partial charge in [0.2, 0.25) is 0 Å². The van der Waals surface area contributed by atoms with Crippen molar-refractivity contribution in [2.75, 3.05) is 14.1 Å². The zero-order valence-corrected chi connectivity index (χ0v) is 9.16. The molecule has 0 atom stereocenters. The molecule has 0 aliphatic heterocycles. The molecule has 2 rings (SSSR count). The van der Waals surface area contributed by atoms with Crippen molar-refractivity contribution in [3.63, 3.8) is 0 Å². The molecule has 1 aromatic carbocycles. The largest absolute Gasteiger partial charge is 0.369 e. The van der Waals surface area contributed by atoms with Crippen molar-refractivity contribution in [3.8, 4) is 11.5 Å². The third-order valence-electron chi connectivity index (χ3n) is 1.84. The van der Waals surface area contributed by atoms with Crippen LogP contribution in [0.4, 0.5) is 5.95 Å². The normalized spacial score (nSPS) is 10.9. The second kappa shape index (κ2) is 4.57. The molecule has 0 amide bonds. The van der Waals surface area contributed by atoms with E-state index in [-0.39, 0.29) is 0 Å². The first kappa shape index (κ1) is 10.4. The Morgan fingerprint density at radius 1 is 1.25 bits per heavy atom. The predicted octanol–water partition coefficient (Wildman–Crippen LogP) is 1.96. The highest BCUT2D eigenvalue weighted by molar-refractivity contribution is 5.59. The summed E-state index contributed by atoms with van der Waals surface area (Å²) in [4.78, 5) is 9.99. The van der Waals surface area contributed by atoms with Gasteiger partial charge in [0.05, 0.1) is 6.34 Å². The molecular formula is C11H12N4O. The van der Waals surface area contributed by atoms with Crippen LogP contribution in [0.2, 0.25) is 0 Å². The third-order valence-corrected chi connectivity index (χ3v) is 1.84. The van der Waals surface area contributed by atoms with Gasteiger partial charge in [-0.05, 0) is 17.3 Å². The molecule has 0 aliphatic carbocycles. The fourth-order valence-corrected chi connectivity index (χ4v) is 1.13. The summed E-state index contributed by atoms with van der Waals surface area (Å²) >= 11 is 0. The number of aromatic nitrogens is 2. The van der Waals surface area contributed by atoms with E-state index in [9.17, 15) is 0 Å². The van der Waals surface area contributed by atoms with Crippen molar-refractivity contribution in [1.82, 2.24) is 15.0 Å². The smallest absolute Gasteiger partial charge is 0.291 e. The van der Waals surface area contributed by atoms with E-state index in [1.54, 1.807) is 11.2 Å². The van der Waals surface area contributed by atoms with E-state index >= 15 is 0 Å². The fraction of sp³-hybridized carbons (Fsp3) is 0.182. The molecule has 82 valence electrons. The quantitative estimate of drug-likeness (QED) is 0.581. The number of hydrogen-bond donors (Lipinski definition) is 0. The van der Waals surface area contributed by atoms with Gasteiger partial charge in [-0.3, -0.25) is 0 Å². The molecule has 1 aromatic heterocycles. The zero-order chi connectivity index (χ0) is 11.4. The second-order valence-corrected chi connectivity index (χ2v) is 3.47. The first-order chi connectivity index (χ1) is 7.75. The highest BCUT2D eigenvalue weighted by atomic mass is 16.5. The Morgan fingerprint density at radius 2 is 2.00 bits per heavy atom. The van der Waals surface area contributed by atoms with Gasteiger partial charge < -0.3 is 9.42 Å². The van der Waals surface area contributed by atoms with Crippen molar-refractivity contribution in [1.29, 1.82) is 0 Å². The minimum atomic E-state index is 0.326. The van der Waals surface area contributed by atoms with Gasteiger partial charge >= 0.3 is 0 Å². The molecule has 0 saturated carbocycles. The number of aliphatic imine (C=N–C) groups is 1. The molecule has 0 fully saturated rings. The Bertz CT molecular complexity index is 476. The maximum absolute atomic E-state index is 5.09. The molecule has 1 heterocycles. The Labute approximate surface area is 93.4 Å². The first-order valence-corrected chi connectivity index (χ1v) is 4.85. The van der Waals surface area contributed by atoms with Crippen LogP contribution in [0.1, 0.15) is 0 Å². The number of benzene rings is 1. The van der Waals surface area contributed by atoms with Gasteiger partial charge in [-0.1, -0.05) is 18.2 Å². The summed E-state index contributed by atoms with van der Waals surface area (Å²) in [5.74, 6) is 0.805. The van der Waals surface area contributed by atoms with Gasteiger partial charge in [0.1, 0.15) is 0 Å². The van der Waals surface area contributed by atoms with Crippen LogP contribution in [0.3, 0.4) is 0 Å². The van der Waals surface area contributed by atoms with Crippen LogP contribution in [0, 0.1) is 0 Å². The topological polar surface area (TPSA) is 54.5 Å². The molecule has 0 radical (unpaired) electrons. The second-order valence-electron chi connectivity index (χ2n) is 3.47. The lowest BCUT2D eigenvalue weighted by Gasteiger charge is -1.99. The van der Waals surface area contributed by atoms with E-state index in [2.05, 4.69) is 15.1 Å². The zero-order valence-electron chi connectivity index (χ0n) is 9.16. The molecule has 16 heavy (non-hydrogen) atoms. The van der Waals surface area contributed by atoms with Crippen molar-refractivity contribution in [3.05, 3.63) is 30.3 Å². The van der Waals surface area contributed by atoms with Crippen molar-refractivity contribution >= 4 is 12.3 Å². The van der Waals surface area contributed by atoms with Crippen molar-refractivity contribution in [2.24, 2.45) is 4.99 Å². The summed E-state index contributed by atoms with van der Waals surface area (Å²) in [6.45, 7) is 0. The standard InChI is InChI=1S/C11H12N4O/c1-15(2)8-12-11-13-10(16-14-11)9-6-4-3-5-7-9/h3-8H,1-2H3/b12-8+. The van der Waals surface area contributed by atoms with E-state index in [0.717, 1.165) is 5.56 Å². The molecule has 0 saturated heterocycles. The van der Waals surface area contributed by atoms with Crippen LogP contribution in [-0.4, -0.2) is 35.5 Å². The average Bonchev–Trinajstić information content (AvgIpc) is 2.76. The van der Waals surface area contributed by atoms with Crippen molar-refractivity contribution in [2.45, 2.75) is 0 Å². The lowest BCUT2D eigenvalue weighted by Crippen LogP contribution is -2.07. The molecule has 0 N–H and O–H groups in total. The number of rotatable bonds is 3. The molecule has 5 heteroatoms. The van der Waals surface area contributed by atoms with Gasteiger partial charge in [-0.15, -0.1) is 0 Å². The summed E-state index contributed by atoms with van der Waals surface area (Å²) in [7, 11) is 3.75. The molecular weight excluding hydrogens is 204 g/mol. The molecule has 0 unspecified atom stereocenters. The van der Waals surface area contributed by atoms with Gasteiger partial charge in [0.25, 0.3) is 11.8 Å².